The van der Waals surface area contributed by atoms with Crippen molar-refractivity contribution in [1.29, 1.82) is 0 Å². The molecule has 0 spiro atoms. The van der Waals surface area contributed by atoms with Crippen molar-refractivity contribution < 1.29 is 23.9 Å². The average Bonchev–Trinajstić information content (AvgIpc) is 2.56. The minimum absolute atomic E-state index is 0.148. The van der Waals surface area contributed by atoms with Gasteiger partial charge in [-0.25, -0.2) is 0 Å². The van der Waals surface area contributed by atoms with Gasteiger partial charge in [-0.3, -0.25) is 14.4 Å². The number of ether oxygens (including phenoxy) is 2. The van der Waals surface area contributed by atoms with Gasteiger partial charge >= 0.3 is 11.9 Å². The van der Waals surface area contributed by atoms with Gasteiger partial charge in [0.25, 0.3) is 0 Å². The molecule has 0 aliphatic carbocycles. The maximum absolute atomic E-state index is 12.0. The Labute approximate surface area is 158 Å². The molecule has 1 N–H and O–H groups in total. The number of Topliss-reactive ketones (excluding diaryl/α,β-unsaturated/α-hetero) is 1. The van der Waals surface area contributed by atoms with Gasteiger partial charge in [-0.2, -0.15) is 0 Å². The van der Waals surface area contributed by atoms with Gasteiger partial charge in [0.1, 0.15) is 11.8 Å². The Bertz CT molecular complexity index is 409. The van der Waals surface area contributed by atoms with Crippen molar-refractivity contribution in [3.8, 4) is 0 Å². The first-order chi connectivity index (χ1) is 12.4. The fraction of sp³-hybridized carbons (Fsp3) is 0.850. The maximum atomic E-state index is 12.0. The molecule has 0 aromatic rings. The van der Waals surface area contributed by atoms with E-state index in [2.05, 4.69) is 5.32 Å². The molecule has 0 saturated heterocycles. The van der Waals surface area contributed by atoms with E-state index in [1.807, 2.05) is 13.8 Å². The maximum Gasteiger partial charge on any atom is 0.323 e. The predicted octanol–water partition coefficient (Wildman–Crippen LogP) is 3.42. The lowest BCUT2D eigenvalue weighted by Gasteiger charge is -2.17. The molecule has 1 unspecified atom stereocenters. The minimum atomic E-state index is -0.369. The van der Waals surface area contributed by atoms with Crippen molar-refractivity contribution in [1.82, 2.24) is 5.32 Å². The van der Waals surface area contributed by atoms with Crippen LogP contribution in [0.5, 0.6) is 0 Å². The second kappa shape index (κ2) is 15.8. The fourth-order valence-corrected chi connectivity index (χ4v) is 2.69. The van der Waals surface area contributed by atoms with Crippen molar-refractivity contribution in [2.75, 3.05) is 19.8 Å². The van der Waals surface area contributed by atoms with Crippen LogP contribution in [0.3, 0.4) is 0 Å². The number of nitrogens with one attached hydrogen (secondary N) is 1. The molecule has 0 heterocycles. The zero-order chi connectivity index (χ0) is 19.8. The van der Waals surface area contributed by atoms with Gasteiger partial charge in [0.15, 0.2) is 0 Å². The van der Waals surface area contributed by atoms with Crippen LogP contribution in [0, 0.1) is 5.92 Å². The molecule has 152 valence electrons. The SMILES string of the molecule is CCOC(=O)CCCCCCC(NCCC(=O)CC(C)C)C(=O)OCC. The number of ketones is 1. The van der Waals surface area contributed by atoms with Gasteiger partial charge in [0.2, 0.25) is 0 Å². The van der Waals surface area contributed by atoms with Crippen LogP contribution in [0.1, 0.15) is 79.1 Å². The first-order valence-corrected chi connectivity index (χ1v) is 9.97. The fourth-order valence-electron chi connectivity index (χ4n) is 2.69. The number of hydrogen-bond acceptors (Lipinski definition) is 6. The van der Waals surface area contributed by atoms with E-state index < -0.39 is 0 Å². The number of carbonyl (C=O) groups excluding carboxylic acids is 3. The summed E-state index contributed by atoms with van der Waals surface area (Å²) in [5, 5.41) is 3.16. The molecule has 0 radical (unpaired) electrons. The zero-order valence-corrected chi connectivity index (χ0v) is 17.0. The van der Waals surface area contributed by atoms with Gasteiger partial charge in [0, 0.05) is 25.8 Å². The molecule has 0 bridgehead atoms. The van der Waals surface area contributed by atoms with Crippen LogP contribution in [0.4, 0.5) is 0 Å². The summed E-state index contributed by atoms with van der Waals surface area (Å²) in [5.41, 5.74) is 0. The molecular formula is C20H37NO5. The molecule has 0 aromatic carbocycles. The quantitative estimate of drug-likeness (QED) is 0.331. The van der Waals surface area contributed by atoms with Crippen LogP contribution in [0.15, 0.2) is 0 Å². The van der Waals surface area contributed by atoms with Crippen LogP contribution in [0.2, 0.25) is 0 Å². The normalized spacial score (nSPS) is 12.0. The molecule has 6 heteroatoms. The van der Waals surface area contributed by atoms with Crippen LogP contribution in [-0.4, -0.2) is 43.5 Å². The first-order valence-electron chi connectivity index (χ1n) is 9.97. The summed E-state index contributed by atoms with van der Waals surface area (Å²) < 4.78 is 10.0. The van der Waals surface area contributed by atoms with Gasteiger partial charge < -0.3 is 14.8 Å². The van der Waals surface area contributed by atoms with E-state index in [4.69, 9.17) is 9.47 Å². The summed E-state index contributed by atoms with van der Waals surface area (Å²) in [7, 11) is 0. The highest BCUT2D eigenvalue weighted by Crippen LogP contribution is 2.10. The van der Waals surface area contributed by atoms with E-state index in [0.29, 0.717) is 51.4 Å². The third-order valence-corrected chi connectivity index (χ3v) is 3.93. The van der Waals surface area contributed by atoms with Gasteiger partial charge in [-0.1, -0.05) is 33.1 Å². The zero-order valence-electron chi connectivity index (χ0n) is 17.0. The number of unbranched alkanes of at least 4 members (excludes halogenated alkanes) is 3. The van der Waals surface area contributed by atoms with E-state index in [1.54, 1.807) is 13.8 Å². The average molecular weight is 372 g/mol. The Kier molecular flexibility index (Phi) is 14.9. The van der Waals surface area contributed by atoms with Crippen LogP contribution >= 0.6 is 0 Å². The van der Waals surface area contributed by atoms with Crippen molar-refractivity contribution in [3.63, 3.8) is 0 Å². The van der Waals surface area contributed by atoms with E-state index in [0.717, 1.165) is 25.7 Å². The lowest BCUT2D eigenvalue weighted by atomic mass is 10.0. The van der Waals surface area contributed by atoms with Gasteiger partial charge in [-0.05, 0) is 32.6 Å². The third kappa shape index (κ3) is 13.8. The summed E-state index contributed by atoms with van der Waals surface area (Å²) >= 11 is 0. The highest BCUT2D eigenvalue weighted by molar-refractivity contribution is 5.79. The van der Waals surface area contributed by atoms with E-state index in [-0.39, 0.29) is 23.8 Å². The molecule has 0 rings (SSSR count). The van der Waals surface area contributed by atoms with Crippen LogP contribution in [-0.2, 0) is 23.9 Å². The van der Waals surface area contributed by atoms with Crippen LogP contribution in [0.25, 0.3) is 0 Å². The molecule has 0 aliphatic heterocycles. The Balaban J connectivity index is 4.06. The second-order valence-corrected chi connectivity index (χ2v) is 6.90. The Hall–Kier alpha value is -1.43. The van der Waals surface area contributed by atoms with Crippen LogP contribution < -0.4 is 5.32 Å². The molecular weight excluding hydrogens is 334 g/mol. The summed E-state index contributed by atoms with van der Waals surface area (Å²) in [6.45, 7) is 8.91. The molecule has 26 heavy (non-hydrogen) atoms. The molecule has 6 nitrogen and oxygen atoms in total. The number of hydrogen-bond donors (Lipinski definition) is 1. The largest absolute Gasteiger partial charge is 0.466 e. The molecule has 0 amide bonds. The lowest BCUT2D eigenvalue weighted by molar-refractivity contribution is -0.146. The monoisotopic (exact) mass is 371 g/mol. The molecule has 1 atom stereocenters. The molecule has 0 aliphatic rings. The molecule has 0 fully saturated rings. The second-order valence-electron chi connectivity index (χ2n) is 6.90. The van der Waals surface area contributed by atoms with E-state index in [1.165, 1.54) is 0 Å². The van der Waals surface area contributed by atoms with E-state index in [9.17, 15) is 14.4 Å². The number of esters is 2. The molecule has 0 aromatic heterocycles. The smallest absolute Gasteiger partial charge is 0.323 e. The van der Waals surface area contributed by atoms with Crippen molar-refractivity contribution in [2.45, 2.75) is 85.1 Å². The highest BCUT2D eigenvalue weighted by Gasteiger charge is 2.19. The molecule has 0 saturated carbocycles. The Morgan fingerprint density at radius 2 is 1.54 bits per heavy atom. The summed E-state index contributed by atoms with van der Waals surface area (Å²) in [5.74, 6) is 0.173. The lowest BCUT2D eigenvalue weighted by Crippen LogP contribution is -2.39. The Morgan fingerprint density at radius 1 is 0.885 bits per heavy atom. The number of rotatable bonds is 16. The minimum Gasteiger partial charge on any atom is -0.466 e. The van der Waals surface area contributed by atoms with Gasteiger partial charge in [-0.15, -0.1) is 0 Å². The topological polar surface area (TPSA) is 81.7 Å². The summed E-state index contributed by atoms with van der Waals surface area (Å²) in [4.78, 5) is 35.1. The third-order valence-electron chi connectivity index (χ3n) is 3.93. The number of carbonyl (C=O) groups is 3. The van der Waals surface area contributed by atoms with E-state index >= 15 is 0 Å². The Morgan fingerprint density at radius 3 is 2.15 bits per heavy atom. The summed E-state index contributed by atoms with van der Waals surface area (Å²) in [6.07, 6.45) is 5.70. The van der Waals surface area contributed by atoms with Crippen molar-refractivity contribution in [3.05, 3.63) is 0 Å². The standard InChI is InChI=1S/C20H37NO5/c1-5-25-19(23)12-10-8-7-9-11-18(20(24)26-6-2)21-14-13-17(22)15-16(3)4/h16,18,21H,5-15H2,1-4H3. The van der Waals surface area contributed by atoms with Gasteiger partial charge in [0.05, 0.1) is 13.2 Å². The summed E-state index contributed by atoms with van der Waals surface area (Å²) in [6, 6.07) is -0.369. The van der Waals surface area contributed by atoms with Crippen molar-refractivity contribution in [2.24, 2.45) is 5.92 Å². The van der Waals surface area contributed by atoms with Crippen molar-refractivity contribution >= 4 is 17.7 Å². The predicted molar refractivity (Wildman–Crippen MR) is 102 cm³/mol. The first kappa shape index (κ1) is 24.6. The highest BCUT2D eigenvalue weighted by atomic mass is 16.5.